The molecule has 0 saturated carbocycles. The van der Waals surface area contributed by atoms with Crippen LogP contribution in [0.25, 0.3) is 0 Å². The van der Waals surface area contributed by atoms with Gasteiger partial charge in [0.1, 0.15) is 5.60 Å². The molecule has 1 fully saturated rings. The minimum absolute atomic E-state index is 0.213. The van der Waals surface area contributed by atoms with Crippen molar-refractivity contribution < 1.29 is 9.53 Å². The van der Waals surface area contributed by atoms with Crippen molar-refractivity contribution in [1.82, 2.24) is 9.80 Å². The van der Waals surface area contributed by atoms with E-state index in [1.165, 1.54) is 0 Å². The van der Waals surface area contributed by atoms with Gasteiger partial charge in [-0.25, -0.2) is 4.79 Å². The summed E-state index contributed by atoms with van der Waals surface area (Å²) in [5.41, 5.74) is 4.92. The standard InChI is InChI=1S/C13H27N3O2/c1-12(2,3)18-11(17)16-9-8-15(7-6-14)10-13(16,4)5/h6-10,14H2,1-5H3. The van der Waals surface area contributed by atoms with E-state index in [0.717, 1.165) is 19.6 Å². The van der Waals surface area contributed by atoms with E-state index in [2.05, 4.69) is 18.7 Å². The number of amides is 1. The summed E-state index contributed by atoms with van der Waals surface area (Å²) in [5.74, 6) is 0. The smallest absolute Gasteiger partial charge is 0.410 e. The molecular weight excluding hydrogens is 230 g/mol. The molecule has 0 aromatic carbocycles. The Bertz CT molecular complexity index is 297. The molecule has 0 radical (unpaired) electrons. The summed E-state index contributed by atoms with van der Waals surface area (Å²) in [4.78, 5) is 16.3. The van der Waals surface area contributed by atoms with Crippen molar-refractivity contribution in [3.63, 3.8) is 0 Å². The quantitative estimate of drug-likeness (QED) is 0.809. The molecule has 1 saturated heterocycles. The van der Waals surface area contributed by atoms with Crippen LogP contribution in [-0.2, 0) is 4.74 Å². The monoisotopic (exact) mass is 257 g/mol. The van der Waals surface area contributed by atoms with Crippen molar-refractivity contribution in [2.45, 2.75) is 45.8 Å². The Hall–Kier alpha value is -0.810. The average molecular weight is 257 g/mol. The van der Waals surface area contributed by atoms with E-state index < -0.39 is 5.60 Å². The number of carbonyl (C=O) groups excluding carboxylic acids is 1. The van der Waals surface area contributed by atoms with Gasteiger partial charge in [0, 0.05) is 32.7 Å². The van der Waals surface area contributed by atoms with E-state index in [9.17, 15) is 4.79 Å². The molecule has 106 valence electrons. The third-order valence-corrected chi connectivity index (χ3v) is 3.04. The first-order valence-electron chi connectivity index (χ1n) is 6.59. The van der Waals surface area contributed by atoms with E-state index in [4.69, 9.17) is 10.5 Å². The maximum Gasteiger partial charge on any atom is 0.410 e. The zero-order chi connectivity index (χ0) is 14.0. The van der Waals surface area contributed by atoms with Crippen LogP contribution in [0.2, 0.25) is 0 Å². The maximum atomic E-state index is 12.2. The molecule has 0 aliphatic carbocycles. The van der Waals surface area contributed by atoms with E-state index in [-0.39, 0.29) is 11.6 Å². The fourth-order valence-electron chi connectivity index (χ4n) is 2.28. The van der Waals surface area contributed by atoms with Gasteiger partial charge >= 0.3 is 6.09 Å². The van der Waals surface area contributed by atoms with Crippen LogP contribution in [-0.4, -0.2) is 59.8 Å². The molecule has 1 aliphatic rings. The summed E-state index contributed by atoms with van der Waals surface area (Å²) in [6.45, 7) is 13.7. The first kappa shape index (κ1) is 15.2. The summed E-state index contributed by atoms with van der Waals surface area (Å²) in [6.07, 6.45) is -0.222. The topological polar surface area (TPSA) is 58.8 Å². The Balaban J connectivity index is 2.65. The van der Waals surface area contributed by atoms with Gasteiger partial charge in [-0.2, -0.15) is 0 Å². The zero-order valence-corrected chi connectivity index (χ0v) is 12.3. The Morgan fingerprint density at radius 3 is 2.39 bits per heavy atom. The number of rotatable bonds is 2. The number of hydrogen-bond donors (Lipinski definition) is 1. The number of hydrogen-bond acceptors (Lipinski definition) is 4. The molecule has 5 heteroatoms. The molecule has 2 N–H and O–H groups in total. The van der Waals surface area contributed by atoms with Gasteiger partial charge in [0.25, 0.3) is 0 Å². The maximum absolute atomic E-state index is 12.2. The number of nitrogens with zero attached hydrogens (tertiary/aromatic N) is 2. The van der Waals surface area contributed by atoms with Gasteiger partial charge in [0.05, 0.1) is 5.54 Å². The number of nitrogens with two attached hydrogens (primary N) is 1. The minimum Gasteiger partial charge on any atom is -0.444 e. The molecule has 5 nitrogen and oxygen atoms in total. The van der Waals surface area contributed by atoms with Crippen LogP contribution >= 0.6 is 0 Å². The number of carbonyl (C=O) groups is 1. The van der Waals surface area contributed by atoms with Gasteiger partial charge in [-0.1, -0.05) is 0 Å². The van der Waals surface area contributed by atoms with Crippen molar-refractivity contribution in [3.8, 4) is 0 Å². The van der Waals surface area contributed by atoms with E-state index in [1.807, 2.05) is 25.7 Å². The Morgan fingerprint density at radius 1 is 1.33 bits per heavy atom. The second-order valence-corrected chi connectivity index (χ2v) is 6.51. The molecule has 1 amide bonds. The number of ether oxygens (including phenoxy) is 1. The fraction of sp³-hybridized carbons (Fsp3) is 0.923. The zero-order valence-electron chi connectivity index (χ0n) is 12.3. The van der Waals surface area contributed by atoms with Crippen LogP contribution in [0.5, 0.6) is 0 Å². The van der Waals surface area contributed by atoms with Crippen molar-refractivity contribution in [2.75, 3.05) is 32.7 Å². The summed E-state index contributed by atoms with van der Waals surface area (Å²) >= 11 is 0. The molecular formula is C13H27N3O2. The predicted octanol–water partition coefficient (Wildman–Crippen LogP) is 1.28. The van der Waals surface area contributed by atoms with Gasteiger partial charge in [0.15, 0.2) is 0 Å². The summed E-state index contributed by atoms with van der Waals surface area (Å²) in [6, 6.07) is 0. The molecule has 0 aromatic heterocycles. The third-order valence-electron chi connectivity index (χ3n) is 3.04. The van der Waals surface area contributed by atoms with Crippen molar-refractivity contribution in [1.29, 1.82) is 0 Å². The highest BCUT2D eigenvalue weighted by Crippen LogP contribution is 2.23. The van der Waals surface area contributed by atoms with E-state index in [1.54, 1.807) is 0 Å². The summed E-state index contributed by atoms with van der Waals surface area (Å²) < 4.78 is 5.45. The van der Waals surface area contributed by atoms with Crippen LogP contribution in [0, 0.1) is 0 Å². The molecule has 0 atom stereocenters. The fourth-order valence-corrected chi connectivity index (χ4v) is 2.28. The molecule has 1 heterocycles. The highest BCUT2D eigenvalue weighted by molar-refractivity contribution is 5.69. The molecule has 1 rings (SSSR count). The second-order valence-electron chi connectivity index (χ2n) is 6.51. The first-order valence-corrected chi connectivity index (χ1v) is 6.59. The van der Waals surface area contributed by atoms with Crippen LogP contribution in [0.15, 0.2) is 0 Å². The summed E-state index contributed by atoms with van der Waals surface area (Å²) in [7, 11) is 0. The van der Waals surface area contributed by atoms with Crippen LogP contribution in [0.1, 0.15) is 34.6 Å². The van der Waals surface area contributed by atoms with Gasteiger partial charge in [0.2, 0.25) is 0 Å². The van der Waals surface area contributed by atoms with E-state index in [0.29, 0.717) is 13.1 Å². The highest BCUT2D eigenvalue weighted by Gasteiger charge is 2.38. The van der Waals surface area contributed by atoms with Crippen LogP contribution < -0.4 is 5.73 Å². The first-order chi connectivity index (χ1) is 8.15. The lowest BCUT2D eigenvalue weighted by Gasteiger charge is -2.47. The third kappa shape index (κ3) is 4.14. The van der Waals surface area contributed by atoms with Crippen LogP contribution in [0.3, 0.4) is 0 Å². The van der Waals surface area contributed by atoms with Crippen LogP contribution in [0.4, 0.5) is 4.79 Å². The van der Waals surface area contributed by atoms with Gasteiger partial charge in [-0.3, -0.25) is 4.90 Å². The lowest BCUT2D eigenvalue weighted by Crippen LogP contribution is -2.62. The highest BCUT2D eigenvalue weighted by atomic mass is 16.6. The Morgan fingerprint density at radius 2 is 1.94 bits per heavy atom. The largest absolute Gasteiger partial charge is 0.444 e. The van der Waals surface area contributed by atoms with Gasteiger partial charge < -0.3 is 15.4 Å². The molecule has 18 heavy (non-hydrogen) atoms. The number of piperazine rings is 1. The Kier molecular flexibility index (Phi) is 4.61. The normalized spacial score (nSPS) is 20.9. The van der Waals surface area contributed by atoms with Gasteiger partial charge in [-0.15, -0.1) is 0 Å². The van der Waals surface area contributed by atoms with Crippen molar-refractivity contribution in [3.05, 3.63) is 0 Å². The summed E-state index contributed by atoms with van der Waals surface area (Å²) in [5, 5.41) is 0. The minimum atomic E-state index is -0.443. The molecule has 0 aromatic rings. The molecule has 0 spiro atoms. The van der Waals surface area contributed by atoms with Crippen molar-refractivity contribution in [2.24, 2.45) is 5.73 Å². The average Bonchev–Trinajstić information content (AvgIpc) is 2.13. The van der Waals surface area contributed by atoms with Gasteiger partial charge in [-0.05, 0) is 34.6 Å². The second kappa shape index (κ2) is 5.45. The predicted molar refractivity (Wildman–Crippen MR) is 72.5 cm³/mol. The molecule has 0 bridgehead atoms. The molecule has 0 unspecified atom stereocenters. The lowest BCUT2D eigenvalue weighted by atomic mass is 9.99. The lowest BCUT2D eigenvalue weighted by molar-refractivity contribution is -0.0224. The van der Waals surface area contributed by atoms with Crippen molar-refractivity contribution >= 4 is 6.09 Å². The van der Waals surface area contributed by atoms with E-state index >= 15 is 0 Å². The molecule has 1 aliphatic heterocycles. The SMILES string of the molecule is CC(C)(C)OC(=O)N1CCN(CCN)CC1(C)C. The Labute approximate surface area is 110 Å².